The van der Waals surface area contributed by atoms with E-state index in [0.717, 1.165) is 38.2 Å². The molecule has 0 amide bonds. The summed E-state index contributed by atoms with van der Waals surface area (Å²) in [6.45, 7) is 2.28. The van der Waals surface area contributed by atoms with Crippen molar-refractivity contribution in [3.63, 3.8) is 0 Å². The summed E-state index contributed by atoms with van der Waals surface area (Å²) >= 11 is 0. The van der Waals surface area contributed by atoms with Gasteiger partial charge in [0.05, 0.1) is 0 Å². The standard InChI is InChI=1S/C21H25F2N3O/c1-24-20(25-14-16-13-18(22)7-8-19(16)23)26-15-21(9-11-27-12-10-21)17-5-3-2-4-6-17/h2-8,13H,9-12,14-15H2,1H3,(H2,24,25,26). The summed E-state index contributed by atoms with van der Waals surface area (Å²) in [5.74, 6) is -0.341. The Morgan fingerprint density at radius 3 is 2.52 bits per heavy atom. The molecular weight excluding hydrogens is 348 g/mol. The maximum Gasteiger partial charge on any atom is 0.191 e. The summed E-state index contributed by atoms with van der Waals surface area (Å²) in [7, 11) is 1.66. The third-order valence-corrected chi connectivity index (χ3v) is 5.11. The molecule has 2 aromatic carbocycles. The fourth-order valence-electron chi connectivity index (χ4n) is 3.45. The van der Waals surface area contributed by atoms with Gasteiger partial charge in [0.1, 0.15) is 11.6 Å². The van der Waals surface area contributed by atoms with Crippen LogP contribution >= 0.6 is 0 Å². The number of aliphatic imine (C=N–C) groups is 1. The Labute approximate surface area is 158 Å². The van der Waals surface area contributed by atoms with Gasteiger partial charge in [-0.2, -0.15) is 0 Å². The van der Waals surface area contributed by atoms with Crippen LogP contribution in [0, 0.1) is 11.6 Å². The molecule has 6 heteroatoms. The molecule has 1 saturated heterocycles. The summed E-state index contributed by atoms with van der Waals surface area (Å²) < 4.78 is 32.7. The lowest BCUT2D eigenvalue weighted by Crippen LogP contribution is -2.48. The van der Waals surface area contributed by atoms with Crippen LogP contribution in [-0.4, -0.2) is 32.8 Å². The largest absolute Gasteiger partial charge is 0.381 e. The van der Waals surface area contributed by atoms with E-state index in [2.05, 4.69) is 27.8 Å². The van der Waals surface area contributed by atoms with Gasteiger partial charge in [-0.3, -0.25) is 4.99 Å². The molecule has 0 spiro atoms. The molecule has 1 fully saturated rings. The molecule has 144 valence electrons. The number of rotatable bonds is 5. The minimum absolute atomic E-state index is 0.0404. The highest BCUT2D eigenvalue weighted by Gasteiger charge is 2.34. The van der Waals surface area contributed by atoms with E-state index in [0.29, 0.717) is 12.5 Å². The zero-order chi connectivity index (χ0) is 19.1. The fraction of sp³-hybridized carbons (Fsp3) is 0.381. The first-order valence-corrected chi connectivity index (χ1v) is 9.15. The molecule has 0 aliphatic carbocycles. The minimum Gasteiger partial charge on any atom is -0.381 e. The Balaban J connectivity index is 1.66. The van der Waals surface area contributed by atoms with E-state index in [1.807, 2.05) is 18.2 Å². The smallest absolute Gasteiger partial charge is 0.191 e. The molecule has 27 heavy (non-hydrogen) atoms. The lowest BCUT2D eigenvalue weighted by atomic mass is 9.74. The molecule has 0 saturated carbocycles. The Morgan fingerprint density at radius 1 is 1.07 bits per heavy atom. The van der Waals surface area contributed by atoms with Crippen LogP contribution in [0.2, 0.25) is 0 Å². The zero-order valence-electron chi connectivity index (χ0n) is 15.5. The zero-order valence-corrected chi connectivity index (χ0v) is 15.5. The molecular formula is C21H25F2N3O. The van der Waals surface area contributed by atoms with Gasteiger partial charge in [-0.25, -0.2) is 8.78 Å². The molecule has 0 unspecified atom stereocenters. The average molecular weight is 373 g/mol. The van der Waals surface area contributed by atoms with Crippen molar-refractivity contribution in [2.24, 2.45) is 4.99 Å². The van der Waals surface area contributed by atoms with Crippen LogP contribution in [-0.2, 0) is 16.7 Å². The quantitative estimate of drug-likeness (QED) is 0.624. The molecule has 2 N–H and O–H groups in total. The molecule has 1 heterocycles. The first kappa shape index (κ1) is 19.3. The minimum atomic E-state index is -0.457. The molecule has 0 atom stereocenters. The SMILES string of the molecule is CN=C(NCc1cc(F)ccc1F)NCC1(c2ccccc2)CCOCC1. The van der Waals surface area contributed by atoms with Crippen LogP contribution in [0.3, 0.4) is 0 Å². The van der Waals surface area contributed by atoms with Crippen molar-refractivity contribution in [1.82, 2.24) is 10.6 Å². The van der Waals surface area contributed by atoms with Gasteiger partial charge in [-0.1, -0.05) is 30.3 Å². The van der Waals surface area contributed by atoms with Gasteiger partial charge >= 0.3 is 0 Å². The molecule has 1 aliphatic heterocycles. The highest BCUT2D eigenvalue weighted by molar-refractivity contribution is 5.79. The second-order valence-corrected chi connectivity index (χ2v) is 6.77. The van der Waals surface area contributed by atoms with Gasteiger partial charge in [0.2, 0.25) is 0 Å². The number of halogens is 2. The van der Waals surface area contributed by atoms with Crippen LogP contribution in [0.25, 0.3) is 0 Å². The van der Waals surface area contributed by atoms with Gasteiger partial charge < -0.3 is 15.4 Å². The highest BCUT2D eigenvalue weighted by atomic mass is 19.1. The van der Waals surface area contributed by atoms with Crippen LogP contribution in [0.15, 0.2) is 53.5 Å². The Morgan fingerprint density at radius 2 is 1.81 bits per heavy atom. The topological polar surface area (TPSA) is 45.7 Å². The second-order valence-electron chi connectivity index (χ2n) is 6.77. The van der Waals surface area contributed by atoms with Crippen LogP contribution in [0.1, 0.15) is 24.0 Å². The van der Waals surface area contributed by atoms with Gasteiger partial charge in [0.15, 0.2) is 5.96 Å². The maximum atomic E-state index is 13.8. The average Bonchev–Trinajstić information content (AvgIpc) is 2.72. The number of guanidine groups is 1. The summed E-state index contributed by atoms with van der Waals surface area (Å²) in [5, 5.41) is 6.41. The van der Waals surface area contributed by atoms with Crippen molar-refractivity contribution in [2.45, 2.75) is 24.8 Å². The van der Waals surface area contributed by atoms with Crippen molar-refractivity contribution in [1.29, 1.82) is 0 Å². The highest BCUT2D eigenvalue weighted by Crippen LogP contribution is 2.34. The van der Waals surface area contributed by atoms with E-state index >= 15 is 0 Å². The predicted octanol–water partition coefficient (Wildman–Crippen LogP) is 3.38. The summed E-state index contributed by atoms with van der Waals surface area (Å²) in [6, 6.07) is 13.8. The first-order chi connectivity index (χ1) is 13.1. The van der Waals surface area contributed by atoms with E-state index in [1.54, 1.807) is 7.05 Å². The molecule has 0 bridgehead atoms. The third-order valence-electron chi connectivity index (χ3n) is 5.11. The van der Waals surface area contributed by atoms with Crippen LogP contribution < -0.4 is 10.6 Å². The Hall–Kier alpha value is -2.47. The van der Waals surface area contributed by atoms with Crippen molar-refractivity contribution in [2.75, 3.05) is 26.8 Å². The number of ether oxygens (including phenoxy) is 1. The van der Waals surface area contributed by atoms with Crippen molar-refractivity contribution in [3.8, 4) is 0 Å². The number of nitrogens with zero attached hydrogens (tertiary/aromatic N) is 1. The third kappa shape index (κ3) is 4.83. The van der Waals surface area contributed by atoms with Crippen molar-refractivity contribution >= 4 is 5.96 Å². The lowest BCUT2D eigenvalue weighted by molar-refractivity contribution is 0.0514. The van der Waals surface area contributed by atoms with E-state index in [1.165, 1.54) is 11.6 Å². The summed E-state index contributed by atoms with van der Waals surface area (Å²) in [5.41, 5.74) is 1.50. The summed E-state index contributed by atoms with van der Waals surface area (Å²) in [6.07, 6.45) is 1.83. The number of hydrogen-bond acceptors (Lipinski definition) is 2. The van der Waals surface area contributed by atoms with Crippen LogP contribution in [0.4, 0.5) is 8.78 Å². The number of hydrogen-bond donors (Lipinski definition) is 2. The van der Waals surface area contributed by atoms with Gasteiger partial charge in [-0.15, -0.1) is 0 Å². The van der Waals surface area contributed by atoms with Gasteiger partial charge in [-0.05, 0) is 36.6 Å². The first-order valence-electron chi connectivity index (χ1n) is 9.15. The second kappa shape index (κ2) is 8.95. The number of nitrogens with one attached hydrogen (secondary N) is 2. The lowest BCUT2D eigenvalue weighted by Gasteiger charge is -2.38. The molecule has 4 nitrogen and oxygen atoms in total. The Bertz CT molecular complexity index is 774. The van der Waals surface area contributed by atoms with Gasteiger partial charge in [0, 0.05) is 44.3 Å². The number of benzene rings is 2. The normalized spacial score (nSPS) is 16.8. The fourth-order valence-corrected chi connectivity index (χ4v) is 3.45. The maximum absolute atomic E-state index is 13.8. The van der Waals surface area contributed by atoms with E-state index in [-0.39, 0.29) is 17.5 Å². The molecule has 0 radical (unpaired) electrons. The van der Waals surface area contributed by atoms with Gasteiger partial charge in [0.25, 0.3) is 0 Å². The van der Waals surface area contributed by atoms with Crippen LogP contribution in [0.5, 0.6) is 0 Å². The monoisotopic (exact) mass is 373 g/mol. The van der Waals surface area contributed by atoms with E-state index < -0.39 is 11.6 Å². The molecule has 0 aromatic heterocycles. The molecule has 1 aliphatic rings. The molecule has 2 aromatic rings. The van der Waals surface area contributed by atoms with E-state index in [4.69, 9.17) is 4.74 Å². The summed E-state index contributed by atoms with van der Waals surface area (Å²) in [4.78, 5) is 4.21. The van der Waals surface area contributed by atoms with E-state index in [9.17, 15) is 8.78 Å². The van der Waals surface area contributed by atoms with Crippen molar-refractivity contribution < 1.29 is 13.5 Å². The predicted molar refractivity (Wildman–Crippen MR) is 103 cm³/mol. The van der Waals surface area contributed by atoms with Crippen molar-refractivity contribution in [3.05, 3.63) is 71.3 Å². The molecule has 3 rings (SSSR count). The Kier molecular flexibility index (Phi) is 6.40.